The minimum atomic E-state index is -1.06. The molecule has 0 spiro atoms. The molecule has 3 aromatic rings. The lowest BCUT2D eigenvalue weighted by Crippen LogP contribution is -2.37. The molecule has 1 fully saturated rings. The van der Waals surface area contributed by atoms with Crippen molar-refractivity contribution in [1.82, 2.24) is 9.88 Å². The van der Waals surface area contributed by atoms with Crippen molar-refractivity contribution < 1.29 is 5.11 Å². The molecule has 194 valence electrons. The first-order chi connectivity index (χ1) is 17.6. The normalized spacial score (nSPS) is 20.5. The summed E-state index contributed by atoms with van der Waals surface area (Å²) in [6.45, 7) is 7.00. The number of hydrogen-bond donors (Lipinski definition) is 3. The number of fused-ring (bicyclic) bond motifs is 1. The third-order valence-electron chi connectivity index (χ3n) is 8.21. The zero-order valence-corrected chi connectivity index (χ0v) is 22.8. The molecule has 1 saturated heterocycles. The van der Waals surface area contributed by atoms with Crippen LogP contribution in [0.4, 0.5) is 5.82 Å². The number of aryl methyl sites for hydroxylation is 2. The first kappa shape index (κ1) is 25.9. The number of nitrogen functional groups attached to an aromatic ring is 1. The summed E-state index contributed by atoms with van der Waals surface area (Å²) in [6.07, 6.45) is 9.10. The van der Waals surface area contributed by atoms with Crippen molar-refractivity contribution in [2.24, 2.45) is 0 Å². The van der Waals surface area contributed by atoms with Crippen LogP contribution in [0.3, 0.4) is 0 Å². The fourth-order valence-corrected chi connectivity index (χ4v) is 6.47. The van der Waals surface area contributed by atoms with Gasteiger partial charge in [-0.05, 0) is 94.7 Å². The van der Waals surface area contributed by atoms with Crippen molar-refractivity contribution in [1.29, 1.82) is 5.41 Å². The lowest BCUT2D eigenvalue weighted by molar-refractivity contribution is 0.0787. The molecule has 1 aliphatic heterocycles. The number of nitrogens with one attached hydrogen (secondary N) is 1. The molecule has 5 nitrogen and oxygen atoms in total. The first-order valence-electron chi connectivity index (χ1n) is 13.4. The number of aliphatic hydroxyl groups is 1. The van der Waals surface area contributed by atoms with Crippen LogP contribution >= 0.6 is 11.6 Å². The van der Waals surface area contributed by atoms with E-state index in [4.69, 9.17) is 22.7 Å². The molecule has 5 rings (SSSR count). The van der Waals surface area contributed by atoms with Crippen LogP contribution in [0, 0.1) is 5.41 Å². The molecule has 0 saturated carbocycles. The monoisotopic (exact) mass is 516 g/mol. The Kier molecular flexibility index (Phi) is 7.14. The molecule has 2 unspecified atom stereocenters. The Balaban J connectivity index is 1.40. The van der Waals surface area contributed by atoms with E-state index in [9.17, 15) is 5.11 Å². The molecule has 0 bridgehead atoms. The highest BCUT2D eigenvalue weighted by Crippen LogP contribution is 2.33. The molecule has 1 aliphatic carbocycles. The van der Waals surface area contributed by atoms with E-state index in [0.29, 0.717) is 39.6 Å². The van der Waals surface area contributed by atoms with Gasteiger partial charge in [0.25, 0.3) is 0 Å². The Hall–Kier alpha value is -2.73. The second-order valence-corrected chi connectivity index (χ2v) is 11.6. The predicted molar refractivity (Wildman–Crippen MR) is 153 cm³/mol. The summed E-state index contributed by atoms with van der Waals surface area (Å²) < 4.78 is 0. The van der Waals surface area contributed by atoms with E-state index in [1.54, 1.807) is 38.2 Å². The van der Waals surface area contributed by atoms with Crippen LogP contribution in [0.25, 0.3) is 11.1 Å². The second kappa shape index (κ2) is 10.2. The molecule has 2 atom stereocenters. The van der Waals surface area contributed by atoms with Gasteiger partial charge in [-0.3, -0.25) is 10.3 Å². The standard InChI is InChI=1S/C31H37ClN4O/c1-19-5-4-14-36(19)25-11-8-20-6-7-22(15-21(20)9-12-25)24-16-26(30(34)35-18-24)29(33)23-10-13-27(28(32)17-23)31(2,3)37/h6-7,10,13,15-19,25,33,37H,4-5,8-9,11-12,14H2,1-3H3,(H2,34,35). The van der Waals surface area contributed by atoms with Crippen molar-refractivity contribution in [3.8, 4) is 11.1 Å². The van der Waals surface area contributed by atoms with Gasteiger partial charge in [0.15, 0.2) is 0 Å². The third kappa shape index (κ3) is 5.31. The van der Waals surface area contributed by atoms with Gasteiger partial charge in [0, 0.05) is 45.6 Å². The molecule has 2 aromatic carbocycles. The molecule has 6 heteroatoms. The van der Waals surface area contributed by atoms with Gasteiger partial charge in [0.2, 0.25) is 0 Å². The summed E-state index contributed by atoms with van der Waals surface area (Å²) in [5, 5.41) is 19.6. The quantitative estimate of drug-likeness (QED) is 0.272. The van der Waals surface area contributed by atoms with E-state index in [1.807, 2.05) is 6.07 Å². The minimum absolute atomic E-state index is 0.258. The van der Waals surface area contributed by atoms with Gasteiger partial charge in [-0.2, -0.15) is 0 Å². The Morgan fingerprint density at radius 2 is 1.81 bits per heavy atom. The summed E-state index contributed by atoms with van der Waals surface area (Å²) in [4.78, 5) is 7.17. The number of pyridine rings is 1. The van der Waals surface area contributed by atoms with Crippen molar-refractivity contribution >= 4 is 23.1 Å². The van der Waals surface area contributed by atoms with Crippen LogP contribution in [-0.2, 0) is 18.4 Å². The van der Waals surface area contributed by atoms with E-state index in [1.165, 1.54) is 43.4 Å². The average Bonchev–Trinajstić information content (AvgIpc) is 3.17. The van der Waals surface area contributed by atoms with Crippen LogP contribution in [0.2, 0.25) is 5.02 Å². The Morgan fingerprint density at radius 1 is 1.05 bits per heavy atom. The van der Waals surface area contributed by atoms with E-state index in [-0.39, 0.29) is 5.71 Å². The number of anilines is 1. The molecular formula is C31H37ClN4O. The van der Waals surface area contributed by atoms with Gasteiger partial charge < -0.3 is 10.8 Å². The molecule has 4 N–H and O–H groups in total. The van der Waals surface area contributed by atoms with E-state index in [2.05, 4.69) is 35.0 Å². The molecular weight excluding hydrogens is 480 g/mol. The molecule has 0 amide bonds. The summed E-state index contributed by atoms with van der Waals surface area (Å²) in [5.74, 6) is 0.314. The summed E-state index contributed by atoms with van der Waals surface area (Å²) in [6, 6.07) is 15.4. The zero-order chi connectivity index (χ0) is 26.3. The topological polar surface area (TPSA) is 86.2 Å². The molecule has 1 aromatic heterocycles. The highest BCUT2D eigenvalue weighted by atomic mass is 35.5. The number of nitrogens with zero attached hydrogens (tertiary/aromatic N) is 2. The Labute approximate surface area is 225 Å². The Bertz CT molecular complexity index is 1330. The maximum absolute atomic E-state index is 10.3. The number of benzene rings is 2. The van der Waals surface area contributed by atoms with Crippen molar-refractivity contribution in [2.45, 2.75) is 77.0 Å². The van der Waals surface area contributed by atoms with E-state index >= 15 is 0 Å². The van der Waals surface area contributed by atoms with Crippen molar-refractivity contribution in [3.63, 3.8) is 0 Å². The zero-order valence-electron chi connectivity index (χ0n) is 22.0. The maximum atomic E-state index is 10.3. The van der Waals surface area contributed by atoms with Crippen LogP contribution in [0.1, 0.15) is 74.3 Å². The SMILES string of the molecule is CC1CCCN1C1CCc2ccc(-c3cnc(N)c(C(=N)c4ccc(C(C)(C)O)c(Cl)c4)c3)cc2CC1. The van der Waals surface area contributed by atoms with Gasteiger partial charge in [-0.1, -0.05) is 41.9 Å². The molecule has 2 heterocycles. The molecule has 37 heavy (non-hydrogen) atoms. The summed E-state index contributed by atoms with van der Waals surface area (Å²) in [7, 11) is 0. The average molecular weight is 517 g/mol. The van der Waals surface area contributed by atoms with Gasteiger partial charge in [0.1, 0.15) is 5.82 Å². The number of nitrogens with two attached hydrogens (primary N) is 1. The number of hydrogen-bond acceptors (Lipinski definition) is 5. The highest BCUT2D eigenvalue weighted by molar-refractivity contribution is 6.32. The maximum Gasteiger partial charge on any atom is 0.132 e. The fourth-order valence-electron chi connectivity index (χ4n) is 6.06. The lowest BCUT2D eigenvalue weighted by Gasteiger charge is -2.30. The van der Waals surface area contributed by atoms with Crippen molar-refractivity contribution in [2.75, 3.05) is 12.3 Å². The van der Waals surface area contributed by atoms with Gasteiger partial charge in [-0.25, -0.2) is 4.98 Å². The van der Waals surface area contributed by atoms with Crippen LogP contribution in [0.15, 0.2) is 48.7 Å². The third-order valence-corrected chi connectivity index (χ3v) is 8.52. The number of likely N-dealkylation sites (tertiary alicyclic amines) is 1. The minimum Gasteiger partial charge on any atom is -0.386 e. The summed E-state index contributed by atoms with van der Waals surface area (Å²) >= 11 is 6.45. The fraction of sp³-hybridized carbons (Fsp3) is 0.419. The lowest BCUT2D eigenvalue weighted by atomic mass is 9.93. The summed E-state index contributed by atoms with van der Waals surface area (Å²) in [5.41, 5.74) is 12.2. The second-order valence-electron chi connectivity index (χ2n) is 11.2. The number of rotatable bonds is 5. The van der Waals surface area contributed by atoms with Crippen LogP contribution in [0.5, 0.6) is 0 Å². The van der Waals surface area contributed by atoms with E-state index in [0.717, 1.165) is 24.0 Å². The highest BCUT2D eigenvalue weighted by Gasteiger charge is 2.29. The van der Waals surface area contributed by atoms with Gasteiger partial charge in [0.05, 0.1) is 11.3 Å². The Morgan fingerprint density at radius 3 is 2.49 bits per heavy atom. The number of halogens is 1. The number of aromatic nitrogens is 1. The van der Waals surface area contributed by atoms with Crippen molar-refractivity contribution in [3.05, 3.63) is 81.5 Å². The van der Waals surface area contributed by atoms with E-state index < -0.39 is 5.60 Å². The first-order valence-corrected chi connectivity index (χ1v) is 13.7. The molecule has 2 aliphatic rings. The van der Waals surface area contributed by atoms with Gasteiger partial charge in [-0.15, -0.1) is 0 Å². The smallest absolute Gasteiger partial charge is 0.132 e. The largest absolute Gasteiger partial charge is 0.386 e. The van der Waals surface area contributed by atoms with Gasteiger partial charge >= 0.3 is 0 Å². The molecule has 0 radical (unpaired) electrons. The van der Waals surface area contributed by atoms with Crippen LogP contribution < -0.4 is 5.73 Å². The predicted octanol–water partition coefficient (Wildman–Crippen LogP) is 6.36. The van der Waals surface area contributed by atoms with Crippen LogP contribution in [-0.4, -0.2) is 39.3 Å².